The molecule has 0 aliphatic carbocycles. The summed E-state index contributed by atoms with van der Waals surface area (Å²) in [6, 6.07) is 13.4. The van der Waals surface area contributed by atoms with Gasteiger partial charge in [-0.3, -0.25) is 4.79 Å². The van der Waals surface area contributed by atoms with Crippen molar-refractivity contribution < 1.29 is 9.18 Å². The molecule has 21 heavy (non-hydrogen) atoms. The van der Waals surface area contributed by atoms with Crippen molar-refractivity contribution in [1.29, 1.82) is 0 Å². The fourth-order valence-corrected chi connectivity index (χ4v) is 2.00. The van der Waals surface area contributed by atoms with Crippen LogP contribution in [0.1, 0.15) is 24.1 Å². The third-order valence-electron chi connectivity index (χ3n) is 3.05. The topological polar surface area (TPSA) is 29.1 Å². The molecule has 0 saturated carbocycles. The van der Waals surface area contributed by atoms with Gasteiger partial charge < -0.3 is 5.32 Å². The largest absolute Gasteiger partial charge is 0.346 e. The summed E-state index contributed by atoms with van der Waals surface area (Å²) in [7, 11) is 0. The first-order chi connectivity index (χ1) is 10.1. The van der Waals surface area contributed by atoms with Gasteiger partial charge in [0.1, 0.15) is 5.82 Å². The number of nitrogens with one attached hydrogen (secondary N) is 1. The normalized spacial score (nSPS) is 12.3. The van der Waals surface area contributed by atoms with Crippen LogP contribution in [0.25, 0.3) is 6.08 Å². The van der Waals surface area contributed by atoms with Crippen molar-refractivity contribution in [2.75, 3.05) is 0 Å². The Balaban J connectivity index is 1.98. The van der Waals surface area contributed by atoms with Crippen molar-refractivity contribution in [2.24, 2.45) is 0 Å². The van der Waals surface area contributed by atoms with Crippen molar-refractivity contribution in [3.8, 4) is 0 Å². The Kier molecular flexibility index (Phi) is 5.12. The minimum atomic E-state index is -0.354. The van der Waals surface area contributed by atoms with Gasteiger partial charge in [-0.25, -0.2) is 4.39 Å². The number of amides is 1. The van der Waals surface area contributed by atoms with Gasteiger partial charge in [-0.15, -0.1) is 0 Å². The van der Waals surface area contributed by atoms with Crippen LogP contribution in [-0.2, 0) is 4.79 Å². The van der Waals surface area contributed by atoms with E-state index in [0.717, 1.165) is 5.56 Å². The molecular weight excluding hydrogens is 289 g/mol. The Morgan fingerprint density at radius 3 is 2.52 bits per heavy atom. The zero-order valence-corrected chi connectivity index (χ0v) is 12.3. The first-order valence-electron chi connectivity index (χ1n) is 6.55. The van der Waals surface area contributed by atoms with Crippen LogP contribution in [0.4, 0.5) is 4.39 Å². The standard InChI is InChI=1S/C17H15ClFNO/c1-12(13-6-9-15(18)10-7-13)20-17(21)11-8-14-4-2-3-5-16(14)19/h2-12H,1H3,(H,20,21)/b11-8+. The summed E-state index contributed by atoms with van der Waals surface area (Å²) < 4.78 is 13.4. The van der Waals surface area contributed by atoms with Crippen LogP contribution in [0.2, 0.25) is 5.02 Å². The maximum atomic E-state index is 13.4. The van der Waals surface area contributed by atoms with Gasteiger partial charge in [0.15, 0.2) is 0 Å². The van der Waals surface area contributed by atoms with E-state index in [1.165, 1.54) is 18.2 Å². The SMILES string of the molecule is CC(NC(=O)/C=C/c1ccccc1F)c1ccc(Cl)cc1. The summed E-state index contributed by atoms with van der Waals surface area (Å²) in [5.74, 6) is -0.631. The second-order valence-corrected chi connectivity index (χ2v) is 5.07. The summed E-state index contributed by atoms with van der Waals surface area (Å²) in [5.41, 5.74) is 1.33. The third-order valence-corrected chi connectivity index (χ3v) is 3.30. The molecule has 0 bridgehead atoms. The highest BCUT2D eigenvalue weighted by molar-refractivity contribution is 6.30. The van der Waals surface area contributed by atoms with Crippen LogP contribution in [0.3, 0.4) is 0 Å². The molecule has 4 heteroatoms. The Bertz CT molecular complexity index is 652. The molecule has 2 rings (SSSR count). The average molecular weight is 304 g/mol. The van der Waals surface area contributed by atoms with Gasteiger partial charge in [0.25, 0.3) is 0 Å². The molecule has 2 aromatic rings. The molecule has 1 unspecified atom stereocenters. The lowest BCUT2D eigenvalue weighted by atomic mass is 10.1. The zero-order valence-electron chi connectivity index (χ0n) is 11.5. The van der Waals surface area contributed by atoms with Crippen molar-refractivity contribution >= 4 is 23.6 Å². The Labute approximate surface area is 128 Å². The molecular formula is C17H15ClFNO. The quantitative estimate of drug-likeness (QED) is 0.835. The van der Waals surface area contributed by atoms with Gasteiger partial charge >= 0.3 is 0 Å². The lowest BCUT2D eigenvalue weighted by Gasteiger charge is -2.12. The molecule has 0 fully saturated rings. The van der Waals surface area contributed by atoms with Gasteiger partial charge in [-0.05, 0) is 36.8 Å². The van der Waals surface area contributed by atoms with E-state index in [4.69, 9.17) is 11.6 Å². The first-order valence-corrected chi connectivity index (χ1v) is 6.92. The number of carbonyl (C=O) groups is 1. The van der Waals surface area contributed by atoms with Crippen LogP contribution in [-0.4, -0.2) is 5.91 Å². The van der Waals surface area contributed by atoms with Gasteiger partial charge in [-0.1, -0.05) is 41.9 Å². The number of hydrogen-bond acceptors (Lipinski definition) is 1. The third kappa shape index (κ3) is 4.43. The van der Waals surface area contributed by atoms with Crippen molar-refractivity contribution in [2.45, 2.75) is 13.0 Å². The van der Waals surface area contributed by atoms with E-state index in [2.05, 4.69) is 5.32 Å². The number of hydrogen-bond donors (Lipinski definition) is 1. The Morgan fingerprint density at radius 1 is 1.19 bits per heavy atom. The van der Waals surface area contributed by atoms with Crippen LogP contribution >= 0.6 is 11.6 Å². The molecule has 1 amide bonds. The number of rotatable bonds is 4. The summed E-state index contributed by atoms with van der Waals surface area (Å²) in [6.45, 7) is 1.87. The van der Waals surface area contributed by atoms with Gasteiger partial charge in [0, 0.05) is 16.7 Å². The van der Waals surface area contributed by atoms with Crippen LogP contribution in [0, 0.1) is 5.82 Å². The smallest absolute Gasteiger partial charge is 0.244 e. The van der Waals surface area contributed by atoms with E-state index in [1.54, 1.807) is 30.3 Å². The number of carbonyl (C=O) groups excluding carboxylic acids is 1. The maximum Gasteiger partial charge on any atom is 0.244 e. The van der Waals surface area contributed by atoms with E-state index in [9.17, 15) is 9.18 Å². The molecule has 2 nitrogen and oxygen atoms in total. The van der Waals surface area contributed by atoms with Crippen molar-refractivity contribution in [1.82, 2.24) is 5.32 Å². The zero-order chi connectivity index (χ0) is 15.2. The Hall–Kier alpha value is -2.13. The van der Waals surface area contributed by atoms with Crippen molar-refractivity contribution in [3.63, 3.8) is 0 Å². The molecule has 2 aromatic carbocycles. The molecule has 1 atom stereocenters. The fraction of sp³-hybridized carbons (Fsp3) is 0.118. The predicted molar refractivity (Wildman–Crippen MR) is 83.4 cm³/mol. The van der Waals surface area contributed by atoms with Crippen LogP contribution < -0.4 is 5.32 Å². The van der Waals surface area contributed by atoms with Gasteiger partial charge in [0.2, 0.25) is 5.91 Å². The fourth-order valence-electron chi connectivity index (χ4n) is 1.87. The summed E-state index contributed by atoms with van der Waals surface area (Å²) in [4.78, 5) is 11.8. The first kappa shape index (κ1) is 15.3. The van der Waals surface area contributed by atoms with E-state index >= 15 is 0 Å². The highest BCUT2D eigenvalue weighted by Crippen LogP contribution is 2.16. The van der Waals surface area contributed by atoms with Gasteiger partial charge in [0.05, 0.1) is 6.04 Å². The van der Waals surface area contributed by atoms with E-state index in [-0.39, 0.29) is 17.8 Å². The minimum absolute atomic E-state index is 0.153. The summed E-state index contributed by atoms with van der Waals surface area (Å²) >= 11 is 5.82. The van der Waals surface area contributed by atoms with Crippen LogP contribution in [0.5, 0.6) is 0 Å². The van der Waals surface area contributed by atoms with E-state index in [0.29, 0.717) is 10.6 Å². The lowest BCUT2D eigenvalue weighted by Crippen LogP contribution is -2.24. The van der Waals surface area contributed by atoms with Crippen LogP contribution in [0.15, 0.2) is 54.6 Å². The summed E-state index contributed by atoms with van der Waals surface area (Å²) in [5, 5.41) is 3.46. The molecule has 0 spiro atoms. The highest BCUT2D eigenvalue weighted by atomic mass is 35.5. The predicted octanol–water partition coefficient (Wildman–Crippen LogP) is 4.37. The molecule has 1 N–H and O–H groups in total. The monoisotopic (exact) mass is 303 g/mol. The Morgan fingerprint density at radius 2 is 1.86 bits per heavy atom. The lowest BCUT2D eigenvalue weighted by molar-refractivity contribution is -0.117. The number of halogens is 2. The maximum absolute atomic E-state index is 13.4. The second kappa shape index (κ2) is 7.04. The molecule has 0 saturated heterocycles. The molecule has 0 heterocycles. The molecule has 0 aliphatic heterocycles. The molecule has 0 radical (unpaired) electrons. The number of benzene rings is 2. The molecule has 0 aromatic heterocycles. The second-order valence-electron chi connectivity index (χ2n) is 4.64. The van der Waals surface area contributed by atoms with E-state index in [1.807, 2.05) is 19.1 Å². The molecule has 108 valence electrons. The van der Waals surface area contributed by atoms with Gasteiger partial charge in [-0.2, -0.15) is 0 Å². The van der Waals surface area contributed by atoms with Crippen molar-refractivity contribution in [3.05, 3.63) is 76.6 Å². The summed E-state index contributed by atoms with van der Waals surface area (Å²) in [6.07, 6.45) is 2.78. The molecule has 0 aliphatic rings. The minimum Gasteiger partial charge on any atom is -0.346 e. The highest BCUT2D eigenvalue weighted by Gasteiger charge is 2.07. The van der Waals surface area contributed by atoms with E-state index < -0.39 is 0 Å². The average Bonchev–Trinajstić information content (AvgIpc) is 2.47.